The van der Waals surface area contributed by atoms with Crippen molar-refractivity contribution >= 4 is 21.5 Å². The second-order valence-corrected chi connectivity index (χ2v) is 8.53. The summed E-state index contributed by atoms with van der Waals surface area (Å²) >= 11 is 0. The minimum absolute atomic E-state index is 0.0569. The van der Waals surface area contributed by atoms with Crippen LogP contribution in [0.15, 0.2) is 29.2 Å². The monoisotopic (exact) mass is 322 g/mol. The highest BCUT2D eigenvalue weighted by molar-refractivity contribution is 7.89. The highest BCUT2D eigenvalue weighted by Crippen LogP contribution is 2.44. The molecule has 3 rings (SSSR count). The zero-order valence-electron chi connectivity index (χ0n) is 12.9. The summed E-state index contributed by atoms with van der Waals surface area (Å²) in [6, 6.07) is 6.55. The molecule has 0 spiro atoms. The van der Waals surface area contributed by atoms with Gasteiger partial charge in [0, 0.05) is 25.4 Å². The number of nitrogen functional groups attached to an aromatic ring is 1. The van der Waals surface area contributed by atoms with E-state index < -0.39 is 10.0 Å². The SMILES string of the molecule is C[C@H]1CN(S(=O)(=O)c2ccccc2N)C[C@H]2[C@@H]1CC(=O)[C@@H]2C. The van der Waals surface area contributed by atoms with Crippen molar-refractivity contribution in [3.8, 4) is 0 Å². The smallest absolute Gasteiger partial charge is 0.245 e. The second kappa shape index (κ2) is 5.35. The third-order valence-electron chi connectivity index (χ3n) is 5.31. The molecular formula is C16H22N2O3S. The number of nitrogens with two attached hydrogens (primary N) is 1. The van der Waals surface area contributed by atoms with Gasteiger partial charge in [-0.1, -0.05) is 26.0 Å². The molecule has 1 aromatic rings. The van der Waals surface area contributed by atoms with Crippen molar-refractivity contribution in [3.05, 3.63) is 24.3 Å². The van der Waals surface area contributed by atoms with Crippen LogP contribution in [-0.2, 0) is 14.8 Å². The second-order valence-electron chi connectivity index (χ2n) is 6.62. The lowest BCUT2D eigenvalue weighted by Gasteiger charge is -2.39. The number of hydrogen-bond acceptors (Lipinski definition) is 4. The van der Waals surface area contributed by atoms with Gasteiger partial charge in [-0.25, -0.2) is 8.42 Å². The molecule has 0 radical (unpaired) electrons. The third-order valence-corrected chi connectivity index (χ3v) is 7.22. The van der Waals surface area contributed by atoms with E-state index >= 15 is 0 Å². The highest BCUT2D eigenvalue weighted by atomic mass is 32.2. The topological polar surface area (TPSA) is 80.5 Å². The average Bonchev–Trinajstić information content (AvgIpc) is 2.76. The van der Waals surface area contributed by atoms with E-state index in [-0.39, 0.29) is 34.1 Å². The lowest BCUT2D eigenvalue weighted by molar-refractivity contribution is -0.120. The van der Waals surface area contributed by atoms with Crippen LogP contribution in [0.4, 0.5) is 5.69 Å². The van der Waals surface area contributed by atoms with Gasteiger partial charge in [0.05, 0.1) is 5.69 Å². The number of anilines is 1. The number of fused-ring (bicyclic) bond motifs is 1. The van der Waals surface area contributed by atoms with Gasteiger partial charge in [0.2, 0.25) is 10.0 Å². The van der Waals surface area contributed by atoms with Crippen LogP contribution in [0.3, 0.4) is 0 Å². The Morgan fingerprint density at radius 3 is 2.50 bits per heavy atom. The van der Waals surface area contributed by atoms with Crippen LogP contribution in [0.2, 0.25) is 0 Å². The van der Waals surface area contributed by atoms with Gasteiger partial charge in [0.15, 0.2) is 0 Å². The summed E-state index contributed by atoms with van der Waals surface area (Å²) in [5.41, 5.74) is 6.12. The van der Waals surface area contributed by atoms with E-state index in [2.05, 4.69) is 0 Å². The van der Waals surface area contributed by atoms with Gasteiger partial charge < -0.3 is 5.73 Å². The van der Waals surface area contributed by atoms with Crippen LogP contribution >= 0.6 is 0 Å². The molecule has 2 fully saturated rings. The first-order valence-electron chi connectivity index (χ1n) is 7.69. The van der Waals surface area contributed by atoms with Gasteiger partial charge in [0.25, 0.3) is 0 Å². The maximum absolute atomic E-state index is 12.9. The summed E-state index contributed by atoms with van der Waals surface area (Å²) < 4.78 is 27.3. The number of piperidine rings is 1. The summed E-state index contributed by atoms with van der Waals surface area (Å²) in [5.74, 6) is 0.823. The van der Waals surface area contributed by atoms with Crippen LogP contribution in [0.25, 0.3) is 0 Å². The van der Waals surface area contributed by atoms with Gasteiger partial charge in [0.1, 0.15) is 10.7 Å². The molecule has 2 N–H and O–H groups in total. The van der Waals surface area contributed by atoms with Crippen LogP contribution < -0.4 is 5.73 Å². The number of carbonyl (C=O) groups is 1. The lowest BCUT2D eigenvalue weighted by Crippen LogP contribution is -2.47. The minimum Gasteiger partial charge on any atom is -0.398 e. The molecule has 1 aromatic carbocycles. The van der Waals surface area contributed by atoms with Gasteiger partial charge in [-0.2, -0.15) is 4.31 Å². The average molecular weight is 322 g/mol. The summed E-state index contributed by atoms with van der Waals surface area (Å²) in [6.07, 6.45) is 0.592. The van der Waals surface area contributed by atoms with E-state index in [4.69, 9.17) is 5.73 Å². The molecule has 2 aliphatic rings. The van der Waals surface area contributed by atoms with Gasteiger partial charge >= 0.3 is 0 Å². The van der Waals surface area contributed by atoms with E-state index in [1.807, 2.05) is 13.8 Å². The molecule has 120 valence electrons. The fourth-order valence-electron chi connectivity index (χ4n) is 3.91. The van der Waals surface area contributed by atoms with Crippen LogP contribution in [-0.4, -0.2) is 31.6 Å². The van der Waals surface area contributed by atoms with Crippen LogP contribution in [0.5, 0.6) is 0 Å². The Kier molecular flexibility index (Phi) is 3.77. The molecule has 1 saturated heterocycles. The molecule has 22 heavy (non-hydrogen) atoms. The Labute approximate surface area is 131 Å². The van der Waals surface area contributed by atoms with Crippen molar-refractivity contribution in [2.24, 2.45) is 23.7 Å². The molecule has 1 aliphatic carbocycles. The molecule has 1 aliphatic heterocycles. The molecule has 1 heterocycles. The quantitative estimate of drug-likeness (QED) is 0.841. The van der Waals surface area contributed by atoms with E-state index in [0.29, 0.717) is 25.4 Å². The molecule has 4 atom stereocenters. The molecule has 0 amide bonds. The Morgan fingerprint density at radius 1 is 1.14 bits per heavy atom. The zero-order chi connectivity index (χ0) is 16.1. The van der Waals surface area contributed by atoms with Crippen LogP contribution in [0, 0.1) is 23.7 Å². The molecule has 0 unspecified atom stereocenters. The summed E-state index contributed by atoms with van der Waals surface area (Å²) in [4.78, 5) is 12.1. The predicted octanol–water partition coefficient (Wildman–Crippen LogP) is 1.75. The molecule has 5 nitrogen and oxygen atoms in total. The van der Waals surface area contributed by atoms with E-state index in [0.717, 1.165) is 0 Å². The summed E-state index contributed by atoms with van der Waals surface area (Å²) in [6.45, 7) is 4.84. The van der Waals surface area contributed by atoms with Crippen LogP contribution in [0.1, 0.15) is 20.3 Å². The lowest BCUT2D eigenvalue weighted by atomic mass is 9.79. The highest BCUT2D eigenvalue weighted by Gasteiger charge is 2.48. The number of para-hydroxylation sites is 1. The van der Waals surface area contributed by atoms with Crippen molar-refractivity contribution in [2.45, 2.75) is 25.2 Å². The Bertz CT molecular complexity index is 701. The first kappa shape index (κ1) is 15.5. The van der Waals surface area contributed by atoms with Gasteiger partial charge in [-0.3, -0.25) is 4.79 Å². The minimum atomic E-state index is -3.61. The fraction of sp³-hybridized carbons (Fsp3) is 0.562. The number of nitrogens with zero attached hydrogens (tertiary/aromatic N) is 1. The Morgan fingerprint density at radius 2 is 1.82 bits per heavy atom. The fourth-order valence-corrected chi connectivity index (χ4v) is 5.61. The first-order valence-corrected chi connectivity index (χ1v) is 9.13. The number of sulfonamides is 1. The van der Waals surface area contributed by atoms with Crippen molar-refractivity contribution in [1.29, 1.82) is 0 Å². The molecular weight excluding hydrogens is 300 g/mol. The number of rotatable bonds is 2. The standard InChI is InChI=1S/C16H22N2O3S/c1-10-8-18(9-13-11(2)15(19)7-12(10)13)22(20,21)16-6-4-3-5-14(16)17/h3-6,10-13H,7-9,17H2,1-2H3/t10-,11+,12+,13+/m0/s1. The Hall–Kier alpha value is -1.40. The molecule has 6 heteroatoms. The maximum Gasteiger partial charge on any atom is 0.245 e. The van der Waals surface area contributed by atoms with Gasteiger partial charge in [-0.05, 0) is 29.9 Å². The van der Waals surface area contributed by atoms with E-state index in [9.17, 15) is 13.2 Å². The summed E-state index contributed by atoms with van der Waals surface area (Å²) in [5, 5.41) is 0. The zero-order valence-corrected chi connectivity index (χ0v) is 13.7. The number of hydrogen-bond donors (Lipinski definition) is 1. The van der Waals surface area contributed by atoms with Crippen molar-refractivity contribution in [3.63, 3.8) is 0 Å². The normalized spacial score (nSPS) is 32.9. The molecule has 0 aromatic heterocycles. The number of carbonyl (C=O) groups excluding carboxylic acids is 1. The van der Waals surface area contributed by atoms with E-state index in [1.165, 1.54) is 4.31 Å². The Balaban J connectivity index is 1.93. The number of Topliss-reactive ketones (excluding diaryl/α,β-unsaturated/α-hetero) is 1. The predicted molar refractivity (Wildman–Crippen MR) is 84.5 cm³/mol. The van der Waals surface area contributed by atoms with Crippen molar-refractivity contribution in [1.82, 2.24) is 4.31 Å². The molecule has 0 bridgehead atoms. The third kappa shape index (κ3) is 2.34. The van der Waals surface area contributed by atoms with E-state index in [1.54, 1.807) is 24.3 Å². The van der Waals surface area contributed by atoms with Crippen molar-refractivity contribution < 1.29 is 13.2 Å². The largest absolute Gasteiger partial charge is 0.398 e. The number of ketones is 1. The maximum atomic E-state index is 12.9. The van der Waals surface area contributed by atoms with Gasteiger partial charge in [-0.15, -0.1) is 0 Å². The molecule has 1 saturated carbocycles. The number of benzene rings is 1. The summed E-state index contributed by atoms with van der Waals surface area (Å²) in [7, 11) is -3.61. The first-order chi connectivity index (χ1) is 10.3. The van der Waals surface area contributed by atoms with Crippen molar-refractivity contribution in [2.75, 3.05) is 18.8 Å².